The first-order valence-corrected chi connectivity index (χ1v) is 4.68. The second kappa shape index (κ2) is 7.01. The van der Waals surface area contributed by atoms with E-state index in [1.807, 2.05) is 0 Å². The molecule has 0 saturated heterocycles. The van der Waals surface area contributed by atoms with E-state index in [-0.39, 0.29) is 16.5 Å². The van der Waals surface area contributed by atoms with Crippen molar-refractivity contribution in [3.05, 3.63) is 15.3 Å². The summed E-state index contributed by atoms with van der Waals surface area (Å²) >= 11 is -5.52. The summed E-state index contributed by atoms with van der Waals surface area (Å²) in [6.07, 6.45) is 0. The molecule has 0 aliphatic carbocycles. The van der Waals surface area contributed by atoms with Crippen LogP contribution in [0.2, 0.25) is 0 Å². The average molecular weight is 283 g/mol. The van der Waals surface area contributed by atoms with Crippen LogP contribution >= 0.6 is 0 Å². The zero-order valence-corrected chi connectivity index (χ0v) is 7.10. The molecule has 2 N–H and O–H groups in total. The predicted octanol–water partition coefficient (Wildman–Crippen LogP) is -1.60. The van der Waals surface area contributed by atoms with Crippen molar-refractivity contribution in [1.29, 1.82) is 0 Å². The van der Waals surface area contributed by atoms with Crippen molar-refractivity contribution in [2.45, 2.75) is 0 Å². The van der Waals surface area contributed by atoms with Crippen LogP contribution in [0.25, 0.3) is 0 Å². The molecule has 0 aliphatic rings. The summed E-state index contributed by atoms with van der Waals surface area (Å²) in [5.74, 6) is 0. The van der Waals surface area contributed by atoms with Gasteiger partial charge in [0, 0.05) is 16.5 Å². The summed E-state index contributed by atoms with van der Waals surface area (Å²) < 4.78 is 32.0. The molecule has 10 heavy (non-hydrogen) atoms. The Kier molecular flexibility index (Phi) is 11.6. The molecule has 0 radical (unpaired) electrons. The number of hydrogen-bond donors (Lipinski definition) is 2. The average Bonchev–Trinajstić information content (AvgIpc) is 1.19. The summed E-state index contributed by atoms with van der Waals surface area (Å²) in [6, 6.07) is 0. The van der Waals surface area contributed by atoms with E-state index in [1.54, 1.807) is 0 Å². The minimum absolute atomic E-state index is 0. The third kappa shape index (κ3) is 39000. The Bertz CT molecular complexity index is 156. The molecule has 0 spiro atoms. The van der Waals surface area contributed by atoms with Gasteiger partial charge in [-0.05, 0) is 0 Å². The second-order valence-electron chi connectivity index (χ2n) is 0.671. The van der Waals surface area contributed by atoms with E-state index < -0.39 is 21.8 Å². The molecule has 8 nitrogen and oxygen atoms in total. The minimum atomic E-state index is -5.52. The monoisotopic (exact) mass is 284 g/mol. The van der Waals surface area contributed by atoms with Crippen molar-refractivity contribution in [2.75, 3.05) is 0 Å². The van der Waals surface area contributed by atoms with Crippen molar-refractivity contribution in [2.24, 2.45) is 0 Å². The van der Waals surface area contributed by atoms with Gasteiger partial charge in [-0.2, -0.15) is 0 Å². The van der Waals surface area contributed by atoms with Gasteiger partial charge in [0.1, 0.15) is 0 Å². The topological polar surface area (TPSA) is 141 Å². The van der Waals surface area contributed by atoms with E-state index in [4.69, 9.17) is 29.6 Å². The first-order valence-electron chi connectivity index (χ1n) is 1.25. The van der Waals surface area contributed by atoms with Crippen LogP contribution in [-0.4, -0.2) is 12.6 Å². The molecule has 0 rings (SSSR count). The Morgan fingerprint density at radius 1 is 1.20 bits per heavy atom. The number of rotatable bonds is 0. The van der Waals surface area contributed by atoms with Crippen molar-refractivity contribution < 1.29 is 52.6 Å². The van der Waals surface area contributed by atoms with Crippen LogP contribution in [0.1, 0.15) is 0 Å². The van der Waals surface area contributed by atoms with E-state index in [1.165, 1.54) is 0 Å². The summed E-state index contributed by atoms with van der Waals surface area (Å²) in [6.45, 7) is 0. The van der Waals surface area contributed by atoms with Gasteiger partial charge >= 0.3 is 31.1 Å². The fraction of sp³-hybridized carbons (Fsp3) is 0. The molecule has 0 bridgehead atoms. The molecule has 0 saturated carbocycles. The Balaban J connectivity index is -0.0000000910. The predicted molar refractivity (Wildman–Crippen MR) is 16.2 cm³/mol. The van der Waals surface area contributed by atoms with Gasteiger partial charge in [0.25, 0.3) is 0 Å². The molecular formula is H2MoNNiO7-. The van der Waals surface area contributed by atoms with Crippen molar-refractivity contribution in [3.8, 4) is 0 Å². The van der Waals surface area contributed by atoms with Gasteiger partial charge in [-0.1, -0.05) is 0 Å². The standard InChI is InChI=1S/Mo.NO3.Ni.2H2O.2O/c;2-1(3)4;;;;;/h;;;2*1H2;;/q+2;-1;;;;;/p-2. The second-order valence-corrected chi connectivity index (χ2v) is 2.87. The maximum absolute atomic E-state index is 8.85. The van der Waals surface area contributed by atoms with E-state index in [0.29, 0.717) is 0 Å². The SMILES string of the molecule is O=[N+]([O-])[O-].[Ni].[O]=[Mo](=[O])([OH])[OH]. The Hall–Kier alpha value is -0.0982. The van der Waals surface area contributed by atoms with Gasteiger partial charge < -0.3 is 15.3 Å². The zero-order valence-electron chi connectivity index (χ0n) is 4.11. The van der Waals surface area contributed by atoms with Gasteiger partial charge in [-0.15, -0.1) is 0 Å². The quantitative estimate of drug-likeness (QED) is 0.310. The number of hydrogen-bond acceptors (Lipinski definition) is 5. The van der Waals surface area contributed by atoms with Gasteiger partial charge in [0.2, 0.25) is 0 Å². The van der Waals surface area contributed by atoms with Gasteiger partial charge in [-0.3, -0.25) is 0 Å². The molecule has 10 heteroatoms. The van der Waals surface area contributed by atoms with Crippen molar-refractivity contribution >= 4 is 0 Å². The molecule has 66 valence electrons. The van der Waals surface area contributed by atoms with Crippen molar-refractivity contribution in [3.63, 3.8) is 0 Å². The molecule has 0 aromatic rings. The fourth-order valence-electron chi connectivity index (χ4n) is 0. The third-order valence-corrected chi connectivity index (χ3v) is 0. The van der Waals surface area contributed by atoms with E-state index in [2.05, 4.69) is 0 Å². The molecule has 0 aromatic carbocycles. The van der Waals surface area contributed by atoms with Crippen LogP contribution in [0, 0.1) is 15.3 Å². The maximum atomic E-state index is 8.85. The summed E-state index contributed by atoms with van der Waals surface area (Å²) in [5, 5.41) is 14.8. The molecule has 0 aliphatic heterocycles. The molecule has 0 atom stereocenters. The van der Waals surface area contributed by atoms with Crippen LogP contribution in [0.4, 0.5) is 0 Å². The Labute approximate surface area is 68.2 Å². The third-order valence-electron chi connectivity index (χ3n) is 0. The molecule has 0 fully saturated rings. The summed E-state index contributed by atoms with van der Waals surface area (Å²) in [7, 11) is 0. The van der Waals surface area contributed by atoms with Crippen LogP contribution < -0.4 is 0 Å². The normalized spacial score (nSPS) is 8.20. The molecule has 0 heterocycles. The first kappa shape index (κ1) is 16.5. The van der Waals surface area contributed by atoms with E-state index in [0.717, 1.165) is 0 Å². The fourth-order valence-corrected chi connectivity index (χ4v) is 0. The summed E-state index contributed by atoms with van der Waals surface area (Å²) in [5.41, 5.74) is 0. The molecular weight excluding hydrogens is 281 g/mol. The van der Waals surface area contributed by atoms with Gasteiger partial charge in [0.05, 0.1) is 5.09 Å². The van der Waals surface area contributed by atoms with Crippen LogP contribution in [0.15, 0.2) is 0 Å². The van der Waals surface area contributed by atoms with Crippen LogP contribution in [0.5, 0.6) is 0 Å². The van der Waals surface area contributed by atoms with E-state index >= 15 is 0 Å². The van der Waals surface area contributed by atoms with Crippen molar-refractivity contribution in [1.82, 2.24) is 0 Å². The first-order chi connectivity index (χ1) is 3.73. The number of nitrogens with zero attached hydrogens (tertiary/aromatic N) is 1. The molecule has 0 aromatic heterocycles. The van der Waals surface area contributed by atoms with Gasteiger partial charge in [0.15, 0.2) is 0 Å². The zero-order chi connectivity index (χ0) is 8.08. The Morgan fingerprint density at radius 2 is 1.20 bits per heavy atom. The Morgan fingerprint density at radius 3 is 1.20 bits per heavy atom. The van der Waals surface area contributed by atoms with Gasteiger partial charge in [-0.25, -0.2) is 0 Å². The van der Waals surface area contributed by atoms with Crippen LogP contribution in [0.3, 0.4) is 0 Å². The molecule has 0 amide bonds. The molecule has 0 unspecified atom stereocenters. The summed E-state index contributed by atoms with van der Waals surface area (Å²) in [4.78, 5) is 8.25. The van der Waals surface area contributed by atoms with E-state index in [9.17, 15) is 0 Å². The van der Waals surface area contributed by atoms with Crippen LogP contribution in [-0.2, 0) is 40.0 Å².